The van der Waals surface area contributed by atoms with Crippen LogP contribution in [0, 0.1) is 12.8 Å². The van der Waals surface area contributed by atoms with Gasteiger partial charge in [-0.25, -0.2) is 4.79 Å². The Bertz CT molecular complexity index is 500. The molecule has 1 aliphatic heterocycles. The summed E-state index contributed by atoms with van der Waals surface area (Å²) in [6, 6.07) is 0. The number of aromatic nitrogens is 2. The molecule has 19 heavy (non-hydrogen) atoms. The molecule has 2 heterocycles. The summed E-state index contributed by atoms with van der Waals surface area (Å²) >= 11 is 4.22. The van der Waals surface area contributed by atoms with Crippen LogP contribution in [-0.4, -0.2) is 41.0 Å². The van der Waals surface area contributed by atoms with Gasteiger partial charge in [0.2, 0.25) is 5.91 Å². The average Bonchev–Trinajstić information content (AvgIpc) is 2.92. The Morgan fingerprint density at radius 3 is 2.95 bits per heavy atom. The van der Waals surface area contributed by atoms with Crippen molar-refractivity contribution in [2.75, 3.05) is 23.8 Å². The number of thiol groups is 1. The number of carbonyl (C=O) groups is 2. The van der Waals surface area contributed by atoms with E-state index in [1.54, 1.807) is 13.8 Å². The van der Waals surface area contributed by atoms with Gasteiger partial charge in [-0.05, 0) is 25.5 Å². The van der Waals surface area contributed by atoms with Crippen LogP contribution in [0.3, 0.4) is 0 Å². The number of amides is 1. The molecular formula is C12H17N3O3S. The maximum atomic E-state index is 12.0. The molecular weight excluding hydrogens is 266 g/mol. The normalized spacial score (nSPS) is 19.0. The van der Waals surface area contributed by atoms with E-state index >= 15 is 0 Å². The van der Waals surface area contributed by atoms with Crippen LogP contribution in [0.25, 0.3) is 0 Å². The van der Waals surface area contributed by atoms with Gasteiger partial charge in [-0.3, -0.25) is 14.8 Å². The molecule has 0 aliphatic carbocycles. The Balaban J connectivity index is 2.31. The number of H-pyrrole nitrogens is 1. The van der Waals surface area contributed by atoms with E-state index in [9.17, 15) is 9.59 Å². The fraction of sp³-hybridized carbons (Fsp3) is 0.583. The summed E-state index contributed by atoms with van der Waals surface area (Å²) in [6.45, 7) is 4.31. The van der Waals surface area contributed by atoms with Gasteiger partial charge in [-0.2, -0.15) is 17.7 Å². The van der Waals surface area contributed by atoms with Crippen molar-refractivity contribution >= 4 is 30.3 Å². The smallest absolute Gasteiger partial charge is 0.343 e. The molecule has 1 aromatic rings. The van der Waals surface area contributed by atoms with Gasteiger partial charge in [0.1, 0.15) is 5.56 Å². The first-order valence-electron chi connectivity index (χ1n) is 6.21. The minimum absolute atomic E-state index is 0.0314. The lowest BCUT2D eigenvalue weighted by Crippen LogP contribution is -2.27. The van der Waals surface area contributed by atoms with E-state index in [1.807, 2.05) is 0 Å². The van der Waals surface area contributed by atoms with E-state index in [1.165, 1.54) is 4.90 Å². The van der Waals surface area contributed by atoms with Crippen molar-refractivity contribution in [3.63, 3.8) is 0 Å². The Hall–Kier alpha value is -1.50. The molecule has 1 fully saturated rings. The molecule has 0 spiro atoms. The van der Waals surface area contributed by atoms with Crippen LogP contribution in [0.5, 0.6) is 0 Å². The van der Waals surface area contributed by atoms with Gasteiger partial charge >= 0.3 is 5.97 Å². The second-order valence-electron chi connectivity index (χ2n) is 4.52. The maximum Gasteiger partial charge on any atom is 0.343 e. The summed E-state index contributed by atoms with van der Waals surface area (Å²) in [5.74, 6) is 0.718. The second-order valence-corrected chi connectivity index (χ2v) is 4.89. The minimum atomic E-state index is -0.453. The third kappa shape index (κ3) is 2.60. The van der Waals surface area contributed by atoms with Crippen molar-refractivity contribution < 1.29 is 14.3 Å². The number of hydrogen-bond donors (Lipinski definition) is 2. The number of rotatable bonds is 4. The van der Waals surface area contributed by atoms with Crippen LogP contribution >= 0.6 is 12.6 Å². The average molecular weight is 283 g/mol. The largest absolute Gasteiger partial charge is 0.462 e. The number of anilines is 1. The first-order chi connectivity index (χ1) is 9.08. The van der Waals surface area contributed by atoms with E-state index in [4.69, 9.17) is 4.74 Å². The van der Waals surface area contributed by atoms with Crippen LogP contribution in [-0.2, 0) is 9.53 Å². The lowest BCUT2D eigenvalue weighted by Gasteiger charge is -2.15. The third-order valence-electron chi connectivity index (χ3n) is 3.13. The Kier molecular flexibility index (Phi) is 4.14. The number of hydrogen-bond acceptors (Lipinski definition) is 5. The molecule has 1 aliphatic rings. The minimum Gasteiger partial charge on any atom is -0.462 e. The van der Waals surface area contributed by atoms with Gasteiger partial charge in [0.25, 0.3) is 0 Å². The summed E-state index contributed by atoms with van der Waals surface area (Å²) in [4.78, 5) is 25.4. The van der Waals surface area contributed by atoms with E-state index < -0.39 is 5.97 Å². The monoisotopic (exact) mass is 283 g/mol. The predicted octanol–water partition coefficient (Wildman–Crippen LogP) is 1.18. The van der Waals surface area contributed by atoms with E-state index in [2.05, 4.69) is 22.8 Å². The summed E-state index contributed by atoms with van der Waals surface area (Å²) in [6.07, 6.45) is 0.442. The van der Waals surface area contributed by atoms with Crippen LogP contribution in [0.15, 0.2) is 0 Å². The molecule has 1 saturated heterocycles. The van der Waals surface area contributed by atoms with Gasteiger partial charge in [-0.15, -0.1) is 0 Å². The molecule has 1 amide bonds. The Morgan fingerprint density at radius 2 is 2.37 bits per heavy atom. The van der Waals surface area contributed by atoms with Crippen LogP contribution < -0.4 is 4.90 Å². The SMILES string of the molecule is CCOC(=O)c1c(N2CC(CS)CC2=O)n[nH]c1C. The van der Waals surface area contributed by atoms with Gasteiger partial charge in [0, 0.05) is 18.7 Å². The van der Waals surface area contributed by atoms with Gasteiger partial charge in [0.15, 0.2) is 5.82 Å². The Morgan fingerprint density at radius 1 is 1.63 bits per heavy atom. The number of carbonyl (C=O) groups excluding carboxylic acids is 2. The van der Waals surface area contributed by atoms with Crippen molar-refractivity contribution in [1.82, 2.24) is 10.2 Å². The second kappa shape index (κ2) is 5.64. The first kappa shape index (κ1) is 13.9. The standard InChI is InChI=1S/C12H17N3O3S/c1-3-18-12(17)10-7(2)13-14-11(10)15-5-8(6-19)4-9(15)16/h8,19H,3-6H2,1-2H3,(H,13,14). The van der Waals surface area contributed by atoms with E-state index in [-0.39, 0.29) is 18.4 Å². The summed E-state index contributed by atoms with van der Waals surface area (Å²) in [5, 5.41) is 6.82. The molecule has 104 valence electrons. The van der Waals surface area contributed by atoms with Crippen molar-refractivity contribution in [3.05, 3.63) is 11.3 Å². The molecule has 1 unspecified atom stereocenters. The van der Waals surface area contributed by atoms with Crippen LogP contribution in [0.2, 0.25) is 0 Å². The topological polar surface area (TPSA) is 75.3 Å². The van der Waals surface area contributed by atoms with Crippen molar-refractivity contribution in [3.8, 4) is 0 Å². The number of nitrogens with one attached hydrogen (secondary N) is 1. The number of ether oxygens (including phenoxy) is 1. The predicted molar refractivity (Wildman–Crippen MR) is 73.6 cm³/mol. The molecule has 1 aromatic heterocycles. The van der Waals surface area contributed by atoms with Gasteiger partial charge in [0.05, 0.1) is 6.61 Å². The molecule has 0 saturated carbocycles. The summed E-state index contributed by atoms with van der Waals surface area (Å²) < 4.78 is 5.00. The first-order valence-corrected chi connectivity index (χ1v) is 6.85. The zero-order valence-corrected chi connectivity index (χ0v) is 11.9. The third-order valence-corrected chi connectivity index (χ3v) is 3.64. The molecule has 6 nitrogen and oxygen atoms in total. The highest BCUT2D eigenvalue weighted by Crippen LogP contribution is 2.28. The van der Waals surface area contributed by atoms with Crippen molar-refractivity contribution in [1.29, 1.82) is 0 Å². The summed E-state index contributed by atoms with van der Waals surface area (Å²) in [7, 11) is 0. The molecule has 0 aromatic carbocycles. The molecule has 1 N–H and O–H groups in total. The highest BCUT2D eigenvalue weighted by molar-refractivity contribution is 7.80. The maximum absolute atomic E-state index is 12.0. The number of aryl methyl sites for hydroxylation is 1. The molecule has 7 heteroatoms. The molecule has 0 radical (unpaired) electrons. The van der Waals surface area contributed by atoms with Crippen LogP contribution in [0.1, 0.15) is 29.4 Å². The van der Waals surface area contributed by atoms with Crippen molar-refractivity contribution in [2.24, 2.45) is 5.92 Å². The van der Waals surface area contributed by atoms with E-state index in [0.29, 0.717) is 35.8 Å². The van der Waals surface area contributed by atoms with Crippen molar-refractivity contribution in [2.45, 2.75) is 20.3 Å². The highest BCUT2D eigenvalue weighted by atomic mass is 32.1. The number of esters is 1. The lowest BCUT2D eigenvalue weighted by molar-refractivity contribution is -0.117. The van der Waals surface area contributed by atoms with Gasteiger partial charge < -0.3 is 4.74 Å². The zero-order chi connectivity index (χ0) is 14.0. The number of nitrogens with zero attached hydrogens (tertiary/aromatic N) is 2. The quantitative estimate of drug-likeness (QED) is 0.642. The summed E-state index contributed by atoms with van der Waals surface area (Å²) in [5.41, 5.74) is 0.950. The van der Waals surface area contributed by atoms with E-state index in [0.717, 1.165) is 0 Å². The Labute approximate surface area is 116 Å². The molecule has 0 bridgehead atoms. The molecule has 1 atom stereocenters. The fourth-order valence-electron chi connectivity index (χ4n) is 2.17. The van der Waals surface area contributed by atoms with Gasteiger partial charge in [-0.1, -0.05) is 0 Å². The fourth-order valence-corrected chi connectivity index (χ4v) is 2.41. The lowest BCUT2D eigenvalue weighted by atomic mass is 10.1. The van der Waals surface area contributed by atoms with Crippen LogP contribution in [0.4, 0.5) is 5.82 Å². The zero-order valence-electron chi connectivity index (χ0n) is 11.0. The highest BCUT2D eigenvalue weighted by Gasteiger charge is 2.34. The number of aromatic amines is 1. The molecule has 2 rings (SSSR count).